The number of carbonyl (C=O) groups is 2. The van der Waals surface area contributed by atoms with Gasteiger partial charge >= 0.3 is 0 Å². The van der Waals surface area contributed by atoms with Gasteiger partial charge in [0.2, 0.25) is 5.91 Å². The monoisotopic (exact) mass is 419 g/mol. The third-order valence-electron chi connectivity index (χ3n) is 4.36. The van der Waals surface area contributed by atoms with E-state index in [-0.39, 0.29) is 18.4 Å². The van der Waals surface area contributed by atoms with Crippen molar-refractivity contribution in [3.8, 4) is 11.8 Å². The van der Waals surface area contributed by atoms with Crippen LogP contribution in [-0.4, -0.2) is 17.9 Å². The molecule has 0 aliphatic heterocycles. The second-order valence-electron chi connectivity index (χ2n) is 6.59. The molecule has 1 unspecified atom stereocenters. The van der Waals surface area contributed by atoms with Crippen LogP contribution < -0.4 is 15.4 Å². The molecule has 3 aromatic rings. The summed E-state index contributed by atoms with van der Waals surface area (Å²) in [7, 11) is 0. The first-order chi connectivity index (χ1) is 14.6. The Bertz CT molecular complexity index is 1040. The van der Waals surface area contributed by atoms with Crippen LogP contribution in [0.5, 0.6) is 5.75 Å². The molecule has 1 heterocycles. The Morgan fingerprint density at radius 3 is 2.57 bits per heavy atom. The lowest BCUT2D eigenvalue weighted by Crippen LogP contribution is -2.41. The molecule has 152 valence electrons. The first-order valence-electron chi connectivity index (χ1n) is 9.38. The maximum absolute atomic E-state index is 12.6. The molecule has 0 aliphatic rings. The number of anilines is 1. The Balaban J connectivity index is 1.59. The summed E-state index contributed by atoms with van der Waals surface area (Å²) in [6, 6.07) is 19.6. The van der Waals surface area contributed by atoms with E-state index in [9.17, 15) is 9.59 Å². The van der Waals surface area contributed by atoms with Crippen molar-refractivity contribution in [2.24, 2.45) is 0 Å². The van der Waals surface area contributed by atoms with E-state index in [1.165, 1.54) is 11.3 Å². The van der Waals surface area contributed by atoms with Crippen molar-refractivity contribution in [3.63, 3.8) is 0 Å². The molecule has 0 aliphatic carbocycles. The zero-order valence-corrected chi connectivity index (χ0v) is 17.2. The van der Waals surface area contributed by atoms with Gasteiger partial charge in [-0.3, -0.25) is 9.59 Å². The maximum Gasteiger partial charge on any atom is 0.261 e. The molecule has 0 bridgehead atoms. The van der Waals surface area contributed by atoms with Crippen molar-refractivity contribution >= 4 is 28.8 Å². The highest BCUT2D eigenvalue weighted by Crippen LogP contribution is 2.20. The normalized spacial score (nSPS) is 11.2. The number of hydrogen-bond donors (Lipinski definition) is 2. The molecule has 2 amide bonds. The van der Waals surface area contributed by atoms with Crippen molar-refractivity contribution in [2.75, 3.05) is 5.32 Å². The highest BCUT2D eigenvalue weighted by Gasteiger charge is 2.18. The van der Waals surface area contributed by atoms with E-state index < -0.39 is 6.04 Å². The standard InChI is InChI=1S/C23H21N3O3S/c1-16(25-23(28)21-7-4-14-30-21)22(27)26-20-6-3-2-5-18(20)15-29-19-10-8-17(9-11-19)12-13-24/h2-11,14,16H,12,15H2,1H3,(H,25,28)(H,26,27). The molecule has 1 atom stereocenters. The maximum atomic E-state index is 12.6. The number of thiophene rings is 1. The van der Waals surface area contributed by atoms with Crippen LogP contribution in [0, 0.1) is 11.3 Å². The fourth-order valence-corrected chi connectivity index (χ4v) is 3.33. The Labute approximate surface area is 179 Å². The Hall–Kier alpha value is -3.63. The second-order valence-corrected chi connectivity index (χ2v) is 7.53. The molecule has 1 aromatic heterocycles. The number of nitrogens with zero attached hydrogens (tertiary/aromatic N) is 1. The molecule has 7 heteroatoms. The van der Waals surface area contributed by atoms with Crippen molar-refractivity contribution in [1.82, 2.24) is 5.32 Å². The summed E-state index contributed by atoms with van der Waals surface area (Å²) in [5.41, 5.74) is 2.36. The average molecular weight is 420 g/mol. The first kappa shape index (κ1) is 21.1. The zero-order chi connectivity index (χ0) is 21.3. The highest BCUT2D eigenvalue weighted by molar-refractivity contribution is 7.12. The predicted molar refractivity (Wildman–Crippen MR) is 116 cm³/mol. The van der Waals surface area contributed by atoms with E-state index in [2.05, 4.69) is 16.7 Å². The van der Waals surface area contributed by atoms with Gasteiger partial charge in [0.05, 0.1) is 17.4 Å². The van der Waals surface area contributed by atoms with Gasteiger partial charge in [-0.2, -0.15) is 5.26 Å². The van der Waals surface area contributed by atoms with Crippen LogP contribution in [0.2, 0.25) is 0 Å². The number of hydrogen-bond acceptors (Lipinski definition) is 5. The molecule has 0 saturated heterocycles. The van der Waals surface area contributed by atoms with Crippen LogP contribution in [-0.2, 0) is 17.8 Å². The fraction of sp³-hybridized carbons (Fsp3) is 0.174. The quantitative estimate of drug-likeness (QED) is 0.574. The lowest BCUT2D eigenvalue weighted by Gasteiger charge is -2.16. The molecule has 0 spiro atoms. The van der Waals surface area contributed by atoms with Crippen molar-refractivity contribution in [3.05, 3.63) is 82.0 Å². The summed E-state index contributed by atoms with van der Waals surface area (Å²) in [5, 5.41) is 16.1. The van der Waals surface area contributed by atoms with Gasteiger partial charge in [0.1, 0.15) is 18.4 Å². The summed E-state index contributed by atoms with van der Waals surface area (Å²) in [6.45, 7) is 1.91. The van der Waals surface area contributed by atoms with Gasteiger partial charge in [-0.15, -0.1) is 11.3 Å². The van der Waals surface area contributed by atoms with Gasteiger partial charge < -0.3 is 15.4 Å². The summed E-state index contributed by atoms with van der Waals surface area (Å²) in [6.07, 6.45) is 0.357. The molecular weight excluding hydrogens is 398 g/mol. The first-order valence-corrected chi connectivity index (χ1v) is 10.3. The van der Waals surface area contributed by atoms with E-state index in [1.54, 1.807) is 25.1 Å². The highest BCUT2D eigenvalue weighted by atomic mass is 32.1. The van der Waals surface area contributed by atoms with Crippen molar-refractivity contribution in [1.29, 1.82) is 5.26 Å². The lowest BCUT2D eigenvalue weighted by atomic mass is 10.1. The number of ether oxygens (including phenoxy) is 1. The number of amides is 2. The van der Waals surface area contributed by atoms with Crippen LogP contribution in [0.25, 0.3) is 0 Å². The van der Waals surface area contributed by atoms with Gasteiger partial charge in [-0.1, -0.05) is 36.4 Å². The van der Waals surface area contributed by atoms with Gasteiger partial charge in [0.15, 0.2) is 0 Å². The number of nitriles is 1. The number of para-hydroxylation sites is 1. The van der Waals surface area contributed by atoms with Gasteiger partial charge in [-0.05, 0) is 42.1 Å². The Kier molecular flexibility index (Phi) is 7.19. The topological polar surface area (TPSA) is 91.2 Å². The molecule has 2 N–H and O–H groups in total. The minimum Gasteiger partial charge on any atom is -0.489 e. The van der Waals surface area contributed by atoms with Crippen LogP contribution in [0.3, 0.4) is 0 Å². The summed E-state index contributed by atoms with van der Waals surface area (Å²) in [4.78, 5) is 25.3. The van der Waals surface area contributed by atoms with Crippen molar-refractivity contribution < 1.29 is 14.3 Å². The molecule has 0 saturated carbocycles. The van der Waals surface area contributed by atoms with E-state index in [0.717, 1.165) is 11.1 Å². The van der Waals surface area contributed by atoms with Crippen molar-refractivity contribution in [2.45, 2.75) is 26.0 Å². The van der Waals surface area contributed by atoms with E-state index >= 15 is 0 Å². The summed E-state index contributed by atoms with van der Waals surface area (Å²) >= 11 is 1.32. The van der Waals surface area contributed by atoms with Crippen LogP contribution in [0.15, 0.2) is 66.0 Å². The average Bonchev–Trinajstić information content (AvgIpc) is 3.29. The number of nitrogens with one attached hydrogen (secondary N) is 2. The zero-order valence-electron chi connectivity index (χ0n) is 16.4. The third kappa shape index (κ3) is 5.69. The van der Waals surface area contributed by atoms with Crippen LogP contribution in [0.4, 0.5) is 5.69 Å². The minimum absolute atomic E-state index is 0.268. The van der Waals surface area contributed by atoms with E-state index in [1.807, 2.05) is 47.8 Å². The smallest absolute Gasteiger partial charge is 0.261 e. The SMILES string of the molecule is CC(NC(=O)c1cccs1)C(=O)Nc1ccccc1COc1ccc(CC#N)cc1. The Morgan fingerprint density at radius 2 is 1.87 bits per heavy atom. The molecule has 0 radical (unpaired) electrons. The predicted octanol–water partition coefficient (Wildman–Crippen LogP) is 4.15. The number of benzene rings is 2. The third-order valence-corrected chi connectivity index (χ3v) is 5.23. The molecular formula is C23H21N3O3S. The second kappa shape index (κ2) is 10.2. The van der Waals surface area contributed by atoms with Gasteiger partial charge in [0, 0.05) is 11.3 Å². The summed E-state index contributed by atoms with van der Waals surface area (Å²) < 4.78 is 5.82. The molecule has 30 heavy (non-hydrogen) atoms. The Morgan fingerprint density at radius 1 is 1.10 bits per heavy atom. The van der Waals surface area contributed by atoms with Gasteiger partial charge in [0.25, 0.3) is 5.91 Å². The van der Waals surface area contributed by atoms with Gasteiger partial charge in [-0.25, -0.2) is 0 Å². The lowest BCUT2D eigenvalue weighted by molar-refractivity contribution is -0.117. The number of rotatable bonds is 8. The molecule has 3 rings (SSSR count). The largest absolute Gasteiger partial charge is 0.489 e. The van der Waals surface area contributed by atoms with Crippen LogP contribution >= 0.6 is 11.3 Å². The summed E-state index contributed by atoms with van der Waals surface area (Å²) in [5.74, 6) is 0.0896. The number of carbonyl (C=O) groups excluding carboxylic acids is 2. The fourth-order valence-electron chi connectivity index (χ4n) is 2.71. The van der Waals surface area contributed by atoms with E-state index in [0.29, 0.717) is 22.7 Å². The minimum atomic E-state index is -0.693. The molecule has 6 nitrogen and oxygen atoms in total. The molecule has 0 fully saturated rings. The molecule has 2 aromatic carbocycles. The van der Waals surface area contributed by atoms with Crippen LogP contribution in [0.1, 0.15) is 27.7 Å². The van der Waals surface area contributed by atoms with E-state index in [4.69, 9.17) is 10.00 Å².